The highest BCUT2D eigenvalue weighted by molar-refractivity contribution is 6.37. The molecule has 35 heavy (non-hydrogen) atoms. The lowest BCUT2D eigenvalue weighted by molar-refractivity contribution is 0.315. The largest absolute Gasteiger partial charge is 0.370 e. The lowest BCUT2D eigenvalue weighted by Gasteiger charge is -2.22. The van der Waals surface area contributed by atoms with Crippen molar-refractivity contribution >= 4 is 51.6 Å². The van der Waals surface area contributed by atoms with E-state index in [4.69, 9.17) is 28.6 Å². The molecule has 0 spiro atoms. The Labute approximate surface area is 211 Å². The number of H-pyrrole nitrogens is 1. The van der Waals surface area contributed by atoms with Crippen LogP contribution in [0.3, 0.4) is 0 Å². The van der Waals surface area contributed by atoms with Gasteiger partial charge in [0.25, 0.3) is 0 Å². The van der Waals surface area contributed by atoms with Crippen molar-refractivity contribution in [3.8, 4) is 5.69 Å². The molecule has 3 N–H and O–H groups in total. The second-order valence-corrected chi connectivity index (χ2v) is 9.48. The van der Waals surface area contributed by atoms with Gasteiger partial charge < -0.3 is 15.1 Å². The highest BCUT2D eigenvalue weighted by atomic mass is 35.5. The molecule has 11 heteroatoms. The predicted octanol–water partition coefficient (Wildman–Crippen LogP) is 3.78. The summed E-state index contributed by atoms with van der Waals surface area (Å²) in [6.07, 6.45) is 2.64. The molecule has 0 unspecified atom stereocenters. The number of benzene rings is 2. The fourth-order valence-corrected chi connectivity index (χ4v) is 4.85. The van der Waals surface area contributed by atoms with Crippen LogP contribution in [0.1, 0.15) is 6.42 Å². The molecule has 9 nitrogen and oxygen atoms in total. The molecule has 0 aliphatic carbocycles. The molecule has 0 radical (unpaired) electrons. The van der Waals surface area contributed by atoms with Gasteiger partial charge >= 0.3 is 5.69 Å². The van der Waals surface area contributed by atoms with Crippen LogP contribution in [0.2, 0.25) is 10.0 Å². The summed E-state index contributed by atoms with van der Waals surface area (Å²) in [5.74, 6) is 0.308. The number of nitrogens with one attached hydrogen (secondary N) is 3. The number of anilines is 3. The van der Waals surface area contributed by atoms with Crippen LogP contribution in [-0.4, -0.2) is 57.6 Å². The number of aromatic amines is 1. The van der Waals surface area contributed by atoms with Gasteiger partial charge in [-0.15, -0.1) is 0 Å². The average Bonchev–Trinajstić information content (AvgIpc) is 3.32. The second kappa shape index (κ2) is 9.33. The zero-order valence-corrected chi connectivity index (χ0v) is 20.7. The molecular formula is C24H24Cl2N8O. The summed E-state index contributed by atoms with van der Waals surface area (Å²) < 4.78 is 1.11. The minimum absolute atomic E-state index is 0.115. The molecule has 2 aromatic heterocycles. The fraction of sp³-hybridized carbons (Fsp3) is 0.250. The predicted molar refractivity (Wildman–Crippen MR) is 139 cm³/mol. The second-order valence-electron chi connectivity index (χ2n) is 8.66. The summed E-state index contributed by atoms with van der Waals surface area (Å²) in [6, 6.07) is 13.5. The Hall–Kier alpha value is -3.40. The number of hydrogen-bond acceptors (Lipinski definition) is 7. The molecule has 1 aliphatic heterocycles. The Morgan fingerprint density at radius 3 is 2.51 bits per heavy atom. The van der Waals surface area contributed by atoms with E-state index < -0.39 is 5.69 Å². The summed E-state index contributed by atoms with van der Waals surface area (Å²) in [7, 11) is 4.24. The first-order valence-corrected chi connectivity index (χ1v) is 11.9. The number of fused-ring (bicyclic) bond motifs is 1. The van der Waals surface area contributed by atoms with Crippen molar-refractivity contribution in [1.29, 1.82) is 5.41 Å². The van der Waals surface area contributed by atoms with Crippen molar-refractivity contribution in [2.24, 2.45) is 0 Å². The van der Waals surface area contributed by atoms with Crippen molar-refractivity contribution < 1.29 is 0 Å². The maximum absolute atomic E-state index is 12.8. The normalized spacial score (nSPS) is 15.8. The Kier molecular flexibility index (Phi) is 6.22. The molecule has 4 aromatic rings. The van der Waals surface area contributed by atoms with Crippen LogP contribution in [-0.2, 0) is 0 Å². The minimum atomic E-state index is -0.576. The van der Waals surface area contributed by atoms with Gasteiger partial charge in [-0.2, -0.15) is 4.98 Å². The minimum Gasteiger partial charge on any atom is -0.370 e. The van der Waals surface area contributed by atoms with Gasteiger partial charge in [0.05, 0.1) is 21.1 Å². The molecule has 1 aliphatic rings. The number of halogens is 2. The van der Waals surface area contributed by atoms with Crippen LogP contribution in [0.4, 0.5) is 17.3 Å². The monoisotopic (exact) mass is 510 g/mol. The van der Waals surface area contributed by atoms with E-state index in [0.717, 1.165) is 29.8 Å². The number of nitrogens with zero attached hydrogens (tertiary/aromatic N) is 5. The van der Waals surface area contributed by atoms with E-state index in [-0.39, 0.29) is 26.9 Å². The first-order chi connectivity index (χ1) is 16.8. The van der Waals surface area contributed by atoms with E-state index in [1.807, 2.05) is 12.1 Å². The van der Waals surface area contributed by atoms with Gasteiger partial charge in [0.15, 0.2) is 5.65 Å². The van der Waals surface area contributed by atoms with Crippen LogP contribution in [0.5, 0.6) is 0 Å². The van der Waals surface area contributed by atoms with Gasteiger partial charge in [0.1, 0.15) is 5.49 Å². The van der Waals surface area contributed by atoms with Crippen molar-refractivity contribution in [1.82, 2.24) is 24.4 Å². The molecule has 0 bridgehead atoms. The fourth-order valence-electron chi connectivity index (χ4n) is 4.29. The van der Waals surface area contributed by atoms with Crippen LogP contribution in [0.15, 0.2) is 53.5 Å². The first-order valence-electron chi connectivity index (χ1n) is 11.1. The van der Waals surface area contributed by atoms with Crippen molar-refractivity contribution in [3.63, 3.8) is 0 Å². The Morgan fingerprint density at radius 2 is 1.86 bits per heavy atom. The third-order valence-corrected chi connectivity index (χ3v) is 6.85. The van der Waals surface area contributed by atoms with Crippen LogP contribution >= 0.6 is 23.2 Å². The summed E-state index contributed by atoms with van der Waals surface area (Å²) in [4.78, 5) is 28.9. The van der Waals surface area contributed by atoms with Crippen LogP contribution < -0.4 is 21.4 Å². The summed E-state index contributed by atoms with van der Waals surface area (Å²) in [5.41, 5.74) is 1.77. The smallest absolute Gasteiger partial charge is 0.333 e. The third-order valence-electron chi connectivity index (χ3n) is 6.24. The van der Waals surface area contributed by atoms with Gasteiger partial charge in [-0.1, -0.05) is 29.3 Å². The Morgan fingerprint density at radius 1 is 1.14 bits per heavy atom. The van der Waals surface area contributed by atoms with Gasteiger partial charge in [-0.3, -0.25) is 10.4 Å². The lowest BCUT2D eigenvalue weighted by atomic mass is 10.2. The third kappa shape index (κ3) is 4.50. The molecule has 0 amide bonds. The number of hydrogen-bond donors (Lipinski definition) is 3. The highest BCUT2D eigenvalue weighted by Gasteiger charge is 2.24. The number of aromatic nitrogens is 4. The topological polar surface area (TPSA) is 106 Å². The molecule has 0 saturated carbocycles. The highest BCUT2D eigenvalue weighted by Crippen LogP contribution is 2.27. The Balaban J connectivity index is 1.41. The number of para-hydroxylation sites is 1. The molecule has 1 atom stereocenters. The van der Waals surface area contributed by atoms with Gasteiger partial charge in [-0.05, 0) is 56.9 Å². The van der Waals surface area contributed by atoms with E-state index in [1.54, 1.807) is 18.2 Å². The van der Waals surface area contributed by atoms with Crippen molar-refractivity contribution in [2.45, 2.75) is 12.5 Å². The van der Waals surface area contributed by atoms with Crippen molar-refractivity contribution in [2.75, 3.05) is 37.4 Å². The van der Waals surface area contributed by atoms with Gasteiger partial charge in [-0.25, -0.2) is 14.3 Å². The van der Waals surface area contributed by atoms with E-state index in [1.165, 1.54) is 11.9 Å². The van der Waals surface area contributed by atoms with Gasteiger partial charge in [0, 0.05) is 36.7 Å². The maximum atomic E-state index is 12.8. The average molecular weight is 511 g/mol. The van der Waals surface area contributed by atoms with E-state index >= 15 is 0 Å². The molecule has 2 aromatic carbocycles. The zero-order chi connectivity index (χ0) is 24.7. The summed E-state index contributed by atoms with van der Waals surface area (Å²) in [5, 5.41) is 12.6. The van der Waals surface area contributed by atoms with Crippen molar-refractivity contribution in [3.05, 3.63) is 74.7 Å². The molecule has 1 fully saturated rings. The quantitative estimate of drug-likeness (QED) is 0.377. The zero-order valence-electron chi connectivity index (χ0n) is 19.2. The number of likely N-dealkylation sites (N-methyl/N-ethyl adjacent to an activating group) is 1. The SMILES string of the molecule is CN(C)[C@H]1CCN(c2ccc(Nc3ncc4c(=N)n(-c5c(Cl)cccc5Cl)c(=O)[nH]c4n3)cc2)C1. The summed E-state index contributed by atoms with van der Waals surface area (Å²) >= 11 is 12.5. The van der Waals surface area contributed by atoms with E-state index in [0.29, 0.717) is 17.4 Å². The Bertz CT molecular complexity index is 1490. The molecule has 3 heterocycles. The molecule has 5 rings (SSSR count). The molecule has 1 saturated heterocycles. The molecule has 180 valence electrons. The van der Waals surface area contributed by atoms with E-state index in [2.05, 4.69) is 56.3 Å². The number of rotatable bonds is 5. The maximum Gasteiger partial charge on any atom is 0.333 e. The summed E-state index contributed by atoms with van der Waals surface area (Å²) in [6.45, 7) is 2.04. The standard InChI is InChI=1S/C24H24Cl2N8O/c1-32(2)16-10-11-33(13-16)15-8-6-14(7-9-15)29-23-28-12-17-21(27)34(24(35)31-22(17)30-23)20-18(25)4-3-5-19(20)26/h3-9,12,16,27H,10-11,13H2,1-2H3,(H2,28,29,30,31,35)/t16-/m0/s1. The van der Waals surface area contributed by atoms with Crippen LogP contribution in [0, 0.1) is 5.41 Å². The first kappa shape index (κ1) is 23.3. The van der Waals surface area contributed by atoms with Gasteiger partial charge in [0.2, 0.25) is 5.95 Å². The van der Waals surface area contributed by atoms with Crippen LogP contribution in [0.25, 0.3) is 16.7 Å². The van der Waals surface area contributed by atoms with E-state index in [9.17, 15) is 4.79 Å². The molecular weight excluding hydrogens is 487 g/mol. The lowest BCUT2D eigenvalue weighted by Crippen LogP contribution is -2.34.